The van der Waals surface area contributed by atoms with Crippen molar-refractivity contribution in [3.63, 3.8) is 0 Å². The lowest BCUT2D eigenvalue weighted by molar-refractivity contribution is 0.200. The maximum Gasteiger partial charge on any atom is 0.140 e. The molecule has 1 aliphatic rings. The first kappa shape index (κ1) is 12.4. The number of aromatic nitrogens is 2. The van der Waals surface area contributed by atoms with E-state index in [1.807, 2.05) is 41.1 Å². The molecule has 1 aromatic carbocycles. The fraction of sp³-hybridized carbons (Fsp3) is 0.400. The second kappa shape index (κ2) is 5.15. The summed E-state index contributed by atoms with van der Waals surface area (Å²) in [5, 5.41) is 9.69. The molecule has 4 heteroatoms. The Balaban J connectivity index is 1.94. The maximum atomic E-state index is 9.69. The van der Waals surface area contributed by atoms with Crippen LogP contribution in [0.25, 0.3) is 11.4 Å². The van der Waals surface area contributed by atoms with Crippen LogP contribution in [0, 0.1) is 5.92 Å². The SMILES string of the molecule is NC(C1CC1)C(CO)n1ccnc1-c1ccccc1. The third kappa shape index (κ3) is 2.41. The number of hydrogen-bond donors (Lipinski definition) is 2. The molecule has 2 unspecified atom stereocenters. The molecule has 0 spiro atoms. The van der Waals surface area contributed by atoms with Gasteiger partial charge in [-0.05, 0) is 18.8 Å². The second-order valence-corrected chi connectivity index (χ2v) is 5.19. The van der Waals surface area contributed by atoms with Crippen molar-refractivity contribution < 1.29 is 5.11 Å². The summed E-state index contributed by atoms with van der Waals surface area (Å²) in [5.41, 5.74) is 7.31. The molecule has 1 aliphatic carbocycles. The van der Waals surface area contributed by atoms with Crippen LogP contribution in [-0.4, -0.2) is 27.3 Å². The fourth-order valence-corrected chi connectivity index (χ4v) is 2.58. The molecule has 0 radical (unpaired) electrons. The number of aliphatic hydroxyl groups excluding tert-OH is 1. The van der Waals surface area contributed by atoms with E-state index >= 15 is 0 Å². The zero-order valence-electron chi connectivity index (χ0n) is 10.8. The molecule has 1 saturated carbocycles. The molecular weight excluding hydrogens is 238 g/mol. The first-order chi connectivity index (χ1) is 9.31. The molecule has 0 saturated heterocycles. The van der Waals surface area contributed by atoms with Crippen LogP contribution in [0.4, 0.5) is 0 Å². The summed E-state index contributed by atoms with van der Waals surface area (Å²) in [5.74, 6) is 1.42. The van der Waals surface area contributed by atoms with E-state index in [0.717, 1.165) is 11.4 Å². The Morgan fingerprint density at radius 3 is 2.68 bits per heavy atom. The summed E-state index contributed by atoms with van der Waals surface area (Å²) >= 11 is 0. The van der Waals surface area contributed by atoms with Gasteiger partial charge in [-0.15, -0.1) is 0 Å². The van der Waals surface area contributed by atoms with Gasteiger partial charge in [0, 0.05) is 24.0 Å². The Kier molecular flexibility index (Phi) is 3.36. The molecule has 0 aliphatic heterocycles. The second-order valence-electron chi connectivity index (χ2n) is 5.19. The predicted octanol–water partition coefficient (Wildman–Crippen LogP) is 1.82. The normalized spacial score (nSPS) is 18.2. The Hall–Kier alpha value is -1.65. The van der Waals surface area contributed by atoms with Crippen molar-refractivity contribution in [2.45, 2.75) is 24.9 Å². The number of nitrogens with zero attached hydrogens (tertiary/aromatic N) is 2. The van der Waals surface area contributed by atoms with Crippen LogP contribution in [-0.2, 0) is 0 Å². The molecule has 100 valence electrons. The van der Waals surface area contributed by atoms with Gasteiger partial charge in [-0.25, -0.2) is 4.98 Å². The van der Waals surface area contributed by atoms with Crippen LogP contribution < -0.4 is 5.73 Å². The minimum absolute atomic E-state index is 0.00154. The van der Waals surface area contributed by atoms with Gasteiger partial charge in [-0.1, -0.05) is 30.3 Å². The largest absolute Gasteiger partial charge is 0.394 e. The number of rotatable bonds is 5. The molecule has 4 nitrogen and oxygen atoms in total. The molecular formula is C15H19N3O. The highest BCUT2D eigenvalue weighted by molar-refractivity contribution is 5.55. The number of hydrogen-bond acceptors (Lipinski definition) is 3. The molecule has 1 heterocycles. The van der Waals surface area contributed by atoms with Gasteiger partial charge in [0.25, 0.3) is 0 Å². The van der Waals surface area contributed by atoms with Gasteiger partial charge in [0.15, 0.2) is 0 Å². The van der Waals surface area contributed by atoms with Gasteiger partial charge in [0.1, 0.15) is 5.82 Å². The van der Waals surface area contributed by atoms with Crippen LogP contribution in [0.1, 0.15) is 18.9 Å². The first-order valence-electron chi connectivity index (χ1n) is 6.76. The Morgan fingerprint density at radius 2 is 2.05 bits per heavy atom. The molecule has 19 heavy (non-hydrogen) atoms. The zero-order valence-corrected chi connectivity index (χ0v) is 10.8. The van der Waals surface area contributed by atoms with Gasteiger partial charge in [0.05, 0.1) is 12.6 Å². The topological polar surface area (TPSA) is 64.1 Å². The fourth-order valence-electron chi connectivity index (χ4n) is 2.58. The summed E-state index contributed by atoms with van der Waals surface area (Å²) < 4.78 is 2.01. The van der Waals surface area contributed by atoms with E-state index in [-0.39, 0.29) is 18.7 Å². The van der Waals surface area contributed by atoms with Crippen molar-refractivity contribution in [1.29, 1.82) is 0 Å². The molecule has 2 aromatic rings. The third-order valence-corrected chi connectivity index (χ3v) is 3.86. The highest BCUT2D eigenvalue weighted by Gasteiger charge is 2.35. The number of imidazole rings is 1. The maximum absolute atomic E-state index is 9.69. The van der Waals surface area contributed by atoms with Crippen LogP contribution >= 0.6 is 0 Å². The Labute approximate surface area is 112 Å². The lowest BCUT2D eigenvalue weighted by atomic mass is 10.0. The van der Waals surface area contributed by atoms with E-state index in [9.17, 15) is 5.11 Å². The molecule has 0 amide bonds. The van der Waals surface area contributed by atoms with E-state index in [2.05, 4.69) is 4.98 Å². The number of aliphatic hydroxyl groups is 1. The monoisotopic (exact) mass is 257 g/mol. The summed E-state index contributed by atoms with van der Waals surface area (Å²) in [4.78, 5) is 4.41. The van der Waals surface area contributed by atoms with Crippen molar-refractivity contribution >= 4 is 0 Å². The molecule has 1 fully saturated rings. The van der Waals surface area contributed by atoms with E-state index in [1.165, 1.54) is 12.8 Å². The quantitative estimate of drug-likeness (QED) is 0.858. The summed E-state index contributed by atoms with van der Waals surface area (Å²) in [6.45, 7) is 0.0495. The van der Waals surface area contributed by atoms with Crippen molar-refractivity contribution in [3.05, 3.63) is 42.7 Å². The van der Waals surface area contributed by atoms with Gasteiger partial charge in [0.2, 0.25) is 0 Å². The smallest absolute Gasteiger partial charge is 0.140 e. The van der Waals surface area contributed by atoms with Crippen LogP contribution in [0.2, 0.25) is 0 Å². The highest BCUT2D eigenvalue weighted by atomic mass is 16.3. The summed E-state index contributed by atoms with van der Waals surface area (Å²) in [6, 6.07) is 9.92. The van der Waals surface area contributed by atoms with Crippen LogP contribution in [0.15, 0.2) is 42.7 Å². The summed E-state index contributed by atoms with van der Waals surface area (Å²) in [7, 11) is 0. The van der Waals surface area contributed by atoms with Crippen LogP contribution in [0.5, 0.6) is 0 Å². The molecule has 3 rings (SSSR count). The van der Waals surface area contributed by atoms with E-state index in [0.29, 0.717) is 5.92 Å². The van der Waals surface area contributed by atoms with E-state index in [1.54, 1.807) is 6.20 Å². The minimum atomic E-state index is -0.0924. The van der Waals surface area contributed by atoms with E-state index in [4.69, 9.17) is 5.73 Å². The minimum Gasteiger partial charge on any atom is -0.394 e. The average Bonchev–Trinajstić information content (AvgIpc) is 3.20. The Bertz CT molecular complexity index is 533. The molecule has 1 aromatic heterocycles. The number of benzene rings is 1. The Morgan fingerprint density at radius 1 is 1.32 bits per heavy atom. The van der Waals surface area contributed by atoms with Crippen molar-refractivity contribution in [1.82, 2.24) is 9.55 Å². The van der Waals surface area contributed by atoms with Gasteiger partial charge >= 0.3 is 0 Å². The van der Waals surface area contributed by atoms with Gasteiger partial charge in [-0.2, -0.15) is 0 Å². The molecule has 3 N–H and O–H groups in total. The van der Waals surface area contributed by atoms with Crippen LogP contribution in [0.3, 0.4) is 0 Å². The standard InChI is InChI=1S/C15H19N3O/c16-14(11-6-7-11)13(10-19)18-9-8-17-15(18)12-4-2-1-3-5-12/h1-5,8-9,11,13-14,19H,6-7,10,16H2. The zero-order chi connectivity index (χ0) is 13.2. The van der Waals surface area contributed by atoms with Crippen molar-refractivity contribution in [2.24, 2.45) is 11.7 Å². The number of nitrogens with two attached hydrogens (primary N) is 1. The highest BCUT2D eigenvalue weighted by Crippen LogP contribution is 2.37. The van der Waals surface area contributed by atoms with E-state index < -0.39 is 0 Å². The van der Waals surface area contributed by atoms with Gasteiger partial charge in [-0.3, -0.25) is 0 Å². The third-order valence-electron chi connectivity index (χ3n) is 3.86. The molecule has 0 bridgehead atoms. The van der Waals surface area contributed by atoms with Crippen molar-refractivity contribution in [3.8, 4) is 11.4 Å². The molecule has 2 atom stereocenters. The predicted molar refractivity (Wildman–Crippen MR) is 74.5 cm³/mol. The lowest BCUT2D eigenvalue weighted by Crippen LogP contribution is -2.36. The average molecular weight is 257 g/mol. The first-order valence-corrected chi connectivity index (χ1v) is 6.76. The van der Waals surface area contributed by atoms with Crippen molar-refractivity contribution in [2.75, 3.05) is 6.61 Å². The van der Waals surface area contributed by atoms with Gasteiger partial charge < -0.3 is 15.4 Å². The lowest BCUT2D eigenvalue weighted by Gasteiger charge is -2.25. The summed E-state index contributed by atoms with van der Waals surface area (Å²) in [6.07, 6.45) is 6.02.